The maximum atomic E-state index is 4.47. The van der Waals surface area contributed by atoms with Gasteiger partial charge in [0.2, 0.25) is 0 Å². The van der Waals surface area contributed by atoms with E-state index in [9.17, 15) is 0 Å². The molecule has 0 bridgehead atoms. The second-order valence-corrected chi connectivity index (χ2v) is 6.58. The van der Waals surface area contributed by atoms with Crippen molar-refractivity contribution >= 4 is 11.3 Å². The van der Waals surface area contributed by atoms with Crippen LogP contribution in [0.15, 0.2) is 6.20 Å². The van der Waals surface area contributed by atoms with E-state index in [0.717, 1.165) is 19.6 Å². The van der Waals surface area contributed by atoms with Crippen LogP contribution in [0, 0.1) is 12.8 Å². The lowest BCUT2D eigenvalue weighted by atomic mass is 10.0. The number of rotatable bonds is 3. The van der Waals surface area contributed by atoms with Crippen LogP contribution in [0.5, 0.6) is 0 Å². The van der Waals surface area contributed by atoms with Crippen molar-refractivity contribution in [1.82, 2.24) is 15.2 Å². The van der Waals surface area contributed by atoms with E-state index in [1.807, 2.05) is 17.5 Å². The molecule has 1 atom stereocenters. The predicted molar refractivity (Wildman–Crippen MR) is 73.4 cm³/mol. The van der Waals surface area contributed by atoms with E-state index in [0.29, 0.717) is 12.0 Å². The molecule has 96 valence electrons. The van der Waals surface area contributed by atoms with Gasteiger partial charge in [0.25, 0.3) is 0 Å². The number of nitrogens with zero attached hydrogens (tertiary/aromatic N) is 2. The first-order valence-electron chi connectivity index (χ1n) is 6.52. The Labute approximate surface area is 108 Å². The fourth-order valence-electron chi connectivity index (χ4n) is 2.28. The van der Waals surface area contributed by atoms with Gasteiger partial charge in [-0.05, 0) is 32.4 Å². The van der Waals surface area contributed by atoms with Crippen LogP contribution >= 0.6 is 11.3 Å². The molecule has 1 aromatic heterocycles. The lowest BCUT2D eigenvalue weighted by molar-refractivity contribution is 0.238. The highest BCUT2D eigenvalue weighted by Crippen LogP contribution is 2.16. The summed E-state index contributed by atoms with van der Waals surface area (Å²) in [5, 5.41) is 4.90. The third-order valence-electron chi connectivity index (χ3n) is 3.35. The normalized spacial score (nSPS) is 22.9. The summed E-state index contributed by atoms with van der Waals surface area (Å²) in [6.07, 6.45) is 3.23. The van der Waals surface area contributed by atoms with E-state index in [2.05, 4.69) is 36.0 Å². The van der Waals surface area contributed by atoms with Crippen molar-refractivity contribution in [3.8, 4) is 0 Å². The quantitative estimate of drug-likeness (QED) is 0.895. The van der Waals surface area contributed by atoms with Crippen LogP contribution in [0.2, 0.25) is 0 Å². The summed E-state index contributed by atoms with van der Waals surface area (Å²) in [5.41, 5.74) is 0. The van der Waals surface area contributed by atoms with Crippen molar-refractivity contribution in [3.05, 3.63) is 16.1 Å². The molecule has 0 amide bonds. The average molecular weight is 253 g/mol. The van der Waals surface area contributed by atoms with Crippen molar-refractivity contribution < 1.29 is 0 Å². The van der Waals surface area contributed by atoms with Crippen LogP contribution in [0.3, 0.4) is 0 Å². The zero-order chi connectivity index (χ0) is 12.3. The first-order chi connectivity index (χ1) is 8.15. The van der Waals surface area contributed by atoms with Gasteiger partial charge in [-0.15, -0.1) is 11.3 Å². The maximum absolute atomic E-state index is 4.47. The molecule has 4 heteroatoms. The van der Waals surface area contributed by atoms with Gasteiger partial charge in [-0.25, -0.2) is 4.98 Å². The molecule has 1 aliphatic heterocycles. The van der Waals surface area contributed by atoms with Crippen molar-refractivity contribution in [2.75, 3.05) is 19.6 Å². The largest absolute Gasteiger partial charge is 0.312 e. The topological polar surface area (TPSA) is 28.2 Å². The Morgan fingerprint density at radius 2 is 2.41 bits per heavy atom. The molecular formula is C13H23N3S. The van der Waals surface area contributed by atoms with Crippen LogP contribution in [0.1, 0.15) is 30.2 Å². The molecule has 3 nitrogen and oxygen atoms in total. The molecule has 0 radical (unpaired) electrons. The minimum atomic E-state index is 0.624. The summed E-state index contributed by atoms with van der Waals surface area (Å²) >= 11 is 1.82. The monoisotopic (exact) mass is 253 g/mol. The van der Waals surface area contributed by atoms with Gasteiger partial charge in [0.15, 0.2) is 0 Å². The van der Waals surface area contributed by atoms with Gasteiger partial charge in [-0.1, -0.05) is 13.8 Å². The molecule has 0 saturated carbocycles. The smallest absolute Gasteiger partial charge is 0.107 e. The minimum Gasteiger partial charge on any atom is -0.312 e. The lowest BCUT2D eigenvalue weighted by Gasteiger charge is -2.26. The standard InChI is InChI=1S/C13H23N3S/c1-10(2)12-8-16(6-4-5-14-12)9-13-15-7-11(3)17-13/h7,10,12,14H,4-6,8-9H2,1-3H3. The predicted octanol–water partition coefficient (Wildman–Crippen LogP) is 2.27. The fraction of sp³-hybridized carbons (Fsp3) is 0.769. The highest BCUT2D eigenvalue weighted by atomic mass is 32.1. The number of nitrogens with one attached hydrogen (secondary N) is 1. The Bertz CT molecular complexity index is 348. The van der Waals surface area contributed by atoms with Crippen molar-refractivity contribution in [2.45, 2.75) is 39.8 Å². The van der Waals surface area contributed by atoms with E-state index < -0.39 is 0 Å². The van der Waals surface area contributed by atoms with Gasteiger partial charge in [-0.3, -0.25) is 4.90 Å². The van der Waals surface area contributed by atoms with Gasteiger partial charge < -0.3 is 5.32 Å². The first-order valence-corrected chi connectivity index (χ1v) is 7.34. The number of hydrogen-bond donors (Lipinski definition) is 1. The Hall–Kier alpha value is -0.450. The highest BCUT2D eigenvalue weighted by Gasteiger charge is 2.20. The van der Waals surface area contributed by atoms with Crippen LogP contribution < -0.4 is 5.32 Å². The highest BCUT2D eigenvalue weighted by molar-refractivity contribution is 7.11. The molecule has 1 unspecified atom stereocenters. The van der Waals surface area contributed by atoms with E-state index in [1.54, 1.807) is 0 Å². The Morgan fingerprint density at radius 3 is 3.06 bits per heavy atom. The lowest BCUT2D eigenvalue weighted by Crippen LogP contribution is -2.40. The molecular weight excluding hydrogens is 230 g/mol. The molecule has 1 aliphatic rings. The molecule has 1 N–H and O–H groups in total. The Balaban J connectivity index is 1.94. The SMILES string of the molecule is Cc1cnc(CN2CCCNC(C(C)C)C2)s1. The summed E-state index contributed by atoms with van der Waals surface area (Å²) in [5.74, 6) is 0.702. The van der Waals surface area contributed by atoms with Crippen molar-refractivity contribution in [1.29, 1.82) is 0 Å². The van der Waals surface area contributed by atoms with Gasteiger partial charge in [0.1, 0.15) is 5.01 Å². The molecule has 1 aromatic rings. The van der Waals surface area contributed by atoms with Gasteiger partial charge in [0.05, 0.1) is 6.54 Å². The molecule has 2 rings (SSSR count). The Kier molecular flexibility index (Phi) is 4.54. The second-order valence-electron chi connectivity index (χ2n) is 5.26. The molecule has 2 heterocycles. The van der Waals surface area contributed by atoms with Crippen LogP contribution in [0.25, 0.3) is 0 Å². The second kappa shape index (κ2) is 5.94. The Morgan fingerprint density at radius 1 is 1.59 bits per heavy atom. The van der Waals surface area contributed by atoms with Crippen LogP contribution in [0.4, 0.5) is 0 Å². The van der Waals surface area contributed by atoms with E-state index in [1.165, 1.54) is 22.9 Å². The fourth-order valence-corrected chi connectivity index (χ4v) is 3.11. The number of aryl methyl sites for hydroxylation is 1. The zero-order valence-corrected chi connectivity index (χ0v) is 11.9. The summed E-state index contributed by atoms with van der Waals surface area (Å²) < 4.78 is 0. The van der Waals surface area contributed by atoms with Crippen molar-refractivity contribution in [3.63, 3.8) is 0 Å². The van der Waals surface area contributed by atoms with E-state index in [-0.39, 0.29) is 0 Å². The number of thiazole rings is 1. The third kappa shape index (κ3) is 3.76. The third-order valence-corrected chi connectivity index (χ3v) is 4.24. The average Bonchev–Trinajstić information content (AvgIpc) is 2.54. The molecule has 0 aromatic carbocycles. The van der Waals surface area contributed by atoms with E-state index >= 15 is 0 Å². The first kappa shape index (κ1) is 13.0. The van der Waals surface area contributed by atoms with E-state index in [4.69, 9.17) is 0 Å². The number of hydrogen-bond acceptors (Lipinski definition) is 4. The minimum absolute atomic E-state index is 0.624. The van der Waals surface area contributed by atoms with Gasteiger partial charge >= 0.3 is 0 Å². The van der Waals surface area contributed by atoms with Gasteiger partial charge in [0, 0.05) is 23.7 Å². The molecule has 0 aliphatic carbocycles. The maximum Gasteiger partial charge on any atom is 0.107 e. The summed E-state index contributed by atoms with van der Waals surface area (Å²) in [6.45, 7) is 11.2. The molecule has 0 spiro atoms. The molecule has 1 saturated heterocycles. The molecule has 1 fully saturated rings. The summed E-state index contributed by atoms with van der Waals surface area (Å²) in [4.78, 5) is 8.32. The number of aromatic nitrogens is 1. The summed E-state index contributed by atoms with van der Waals surface area (Å²) in [6, 6.07) is 0.624. The van der Waals surface area contributed by atoms with Crippen LogP contribution in [-0.2, 0) is 6.54 Å². The van der Waals surface area contributed by atoms with Crippen molar-refractivity contribution in [2.24, 2.45) is 5.92 Å². The van der Waals surface area contributed by atoms with Gasteiger partial charge in [-0.2, -0.15) is 0 Å². The van der Waals surface area contributed by atoms with Crippen LogP contribution in [-0.4, -0.2) is 35.6 Å². The summed E-state index contributed by atoms with van der Waals surface area (Å²) in [7, 11) is 0. The molecule has 17 heavy (non-hydrogen) atoms. The zero-order valence-electron chi connectivity index (χ0n) is 11.1.